The Bertz CT molecular complexity index is 578. The van der Waals surface area contributed by atoms with Crippen LogP contribution in [0.1, 0.15) is 24.9 Å². The molecule has 1 N–H and O–H groups in total. The van der Waals surface area contributed by atoms with Crippen LogP contribution in [0.3, 0.4) is 0 Å². The van der Waals surface area contributed by atoms with E-state index in [1.807, 2.05) is 24.3 Å². The van der Waals surface area contributed by atoms with Gasteiger partial charge in [0.1, 0.15) is 5.82 Å². The van der Waals surface area contributed by atoms with Crippen molar-refractivity contribution < 1.29 is 4.39 Å². The van der Waals surface area contributed by atoms with Gasteiger partial charge in [-0.3, -0.25) is 0 Å². The third-order valence-electron chi connectivity index (χ3n) is 3.01. The quantitative estimate of drug-likeness (QED) is 0.645. The average molecular weight is 377 g/mol. The monoisotopic (exact) mass is 375 g/mol. The van der Waals surface area contributed by atoms with Crippen molar-refractivity contribution in [2.75, 3.05) is 5.32 Å². The summed E-state index contributed by atoms with van der Waals surface area (Å²) in [4.78, 5) is 0. The number of anilines is 1. The van der Waals surface area contributed by atoms with Crippen LogP contribution in [0.15, 0.2) is 40.9 Å². The number of rotatable bonds is 4. The summed E-state index contributed by atoms with van der Waals surface area (Å²) in [5.74, 6) is -0.442. The minimum atomic E-state index is -0.442. The minimum Gasteiger partial charge on any atom is -0.376 e. The van der Waals surface area contributed by atoms with Crippen molar-refractivity contribution in [1.82, 2.24) is 0 Å². The highest BCUT2D eigenvalue weighted by molar-refractivity contribution is 9.10. The van der Waals surface area contributed by atoms with E-state index in [2.05, 4.69) is 28.2 Å². The van der Waals surface area contributed by atoms with Crippen molar-refractivity contribution in [2.45, 2.75) is 19.4 Å². The second-order valence-electron chi connectivity index (χ2n) is 4.40. The van der Waals surface area contributed by atoms with Crippen LogP contribution in [0.5, 0.6) is 0 Å². The Morgan fingerprint density at radius 2 is 1.70 bits per heavy atom. The molecule has 0 aliphatic heterocycles. The second kappa shape index (κ2) is 6.79. The van der Waals surface area contributed by atoms with Crippen LogP contribution < -0.4 is 5.32 Å². The molecule has 2 aromatic carbocycles. The van der Waals surface area contributed by atoms with E-state index in [0.29, 0.717) is 5.69 Å². The molecule has 5 heteroatoms. The van der Waals surface area contributed by atoms with Gasteiger partial charge in [-0.1, -0.05) is 58.2 Å². The summed E-state index contributed by atoms with van der Waals surface area (Å²) in [6, 6.07) is 10.6. The maximum Gasteiger partial charge on any atom is 0.126 e. The molecule has 1 nitrogen and oxygen atoms in total. The van der Waals surface area contributed by atoms with Crippen LogP contribution in [-0.4, -0.2) is 0 Å². The number of hydrogen-bond acceptors (Lipinski definition) is 1. The smallest absolute Gasteiger partial charge is 0.126 e. The molecule has 0 radical (unpaired) electrons. The molecule has 0 spiro atoms. The fraction of sp³-hybridized carbons (Fsp3) is 0.200. The molecular formula is C15H13BrCl2FN. The predicted molar refractivity (Wildman–Crippen MR) is 87.2 cm³/mol. The highest BCUT2D eigenvalue weighted by Gasteiger charge is 2.14. The van der Waals surface area contributed by atoms with Crippen LogP contribution >= 0.6 is 39.1 Å². The molecule has 1 atom stereocenters. The Hall–Kier alpha value is -0.770. The van der Waals surface area contributed by atoms with E-state index in [9.17, 15) is 4.39 Å². The summed E-state index contributed by atoms with van der Waals surface area (Å²) in [5, 5.41) is 3.85. The standard InChI is InChI=1S/C15H13BrCl2FN/c1-2-14(9-3-5-10(16)6-4-9)20-15-12(17)7-11(19)8-13(15)18/h3-8,14,20H,2H2,1H3. The van der Waals surface area contributed by atoms with Crippen LogP contribution in [0.2, 0.25) is 10.0 Å². The third kappa shape index (κ3) is 3.66. The van der Waals surface area contributed by atoms with Gasteiger partial charge >= 0.3 is 0 Å². The predicted octanol–water partition coefficient (Wildman–Crippen LogP) is 6.46. The zero-order valence-corrected chi connectivity index (χ0v) is 13.9. The van der Waals surface area contributed by atoms with E-state index in [-0.39, 0.29) is 16.1 Å². The summed E-state index contributed by atoms with van der Waals surface area (Å²) in [7, 11) is 0. The molecule has 2 aromatic rings. The maximum absolute atomic E-state index is 13.2. The lowest BCUT2D eigenvalue weighted by Gasteiger charge is -2.20. The first kappa shape index (κ1) is 15.6. The van der Waals surface area contributed by atoms with Crippen molar-refractivity contribution in [3.8, 4) is 0 Å². The molecule has 0 bridgehead atoms. The molecule has 0 saturated carbocycles. The molecule has 0 aliphatic rings. The number of nitrogens with one attached hydrogen (secondary N) is 1. The highest BCUT2D eigenvalue weighted by Crippen LogP contribution is 2.35. The Morgan fingerprint density at radius 1 is 1.15 bits per heavy atom. The SMILES string of the molecule is CCC(Nc1c(Cl)cc(F)cc1Cl)c1ccc(Br)cc1. The van der Waals surface area contributed by atoms with Gasteiger partial charge in [-0.25, -0.2) is 4.39 Å². The van der Waals surface area contributed by atoms with Crippen LogP contribution in [0.25, 0.3) is 0 Å². The summed E-state index contributed by atoms with van der Waals surface area (Å²) < 4.78 is 14.2. The van der Waals surface area contributed by atoms with Gasteiger partial charge in [0.2, 0.25) is 0 Å². The second-order valence-corrected chi connectivity index (χ2v) is 6.13. The number of halogens is 4. The van der Waals surface area contributed by atoms with Gasteiger partial charge in [-0.15, -0.1) is 0 Å². The summed E-state index contributed by atoms with van der Waals surface area (Å²) in [6.07, 6.45) is 0.853. The fourth-order valence-electron chi connectivity index (χ4n) is 1.97. The molecule has 0 fully saturated rings. The van der Waals surface area contributed by atoms with Crippen molar-refractivity contribution in [2.24, 2.45) is 0 Å². The minimum absolute atomic E-state index is 0.0589. The lowest BCUT2D eigenvalue weighted by molar-refractivity contribution is 0.628. The van der Waals surface area contributed by atoms with E-state index in [4.69, 9.17) is 23.2 Å². The maximum atomic E-state index is 13.2. The van der Waals surface area contributed by atoms with Crippen molar-refractivity contribution in [1.29, 1.82) is 0 Å². The van der Waals surface area contributed by atoms with E-state index < -0.39 is 5.82 Å². The first-order valence-electron chi connectivity index (χ1n) is 6.17. The Kier molecular flexibility index (Phi) is 5.30. The molecule has 1 unspecified atom stereocenters. The van der Waals surface area contributed by atoms with Crippen molar-refractivity contribution in [3.05, 3.63) is 62.3 Å². The Balaban J connectivity index is 2.29. The Labute approximate surface area is 136 Å². The lowest BCUT2D eigenvalue weighted by atomic mass is 10.0. The summed E-state index contributed by atoms with van der Waals surface area (Å²) in [6.45, 7) is 2.06. The molecule has 20 heavy (non-hydrogen) atoms. The Morgan fingerprint density at radius 3 is 2.20 bits per heavy atom. The zero-order chi connectivity index (χ0) is 14.7. The van der Waals surface area contributed by atoms with Crippen LogP contribution in [0.4, 0.5) is 10.1 Å². The van der Waals surface area contributed by atoms with Crippen molar-refractivity contribution in [3.63, 3.8) is 0 Å². The topological polar surface area (TPSA) is 12.0 Å². The first-order valence-corrected chi connectivity index (χ1v) is 7.72. The van der Waals surface area contributed by atoms with E-state index >= 15 is 0 Å². The van der Waals surface area contributed by atoms with E-state index in [1.165, 1.54) is 12.1 Å². The number of benzene rings is 2. The zero-order valence-electron chi connectivity index (χ0n) is 10.8. The largest absolute Gasteiger partial charge is 0.376 e. The molecule has 0 aromatic heterocycles. The van der Waals surface area contributed by atoms with Gasteiger partial charge in [0.15, 0.2) is 0 Å². The normalized spacial score (nSPS) is 12.2. The first-order chi connectivity index (χ1) is 9.51. The summed E-state index contributed by atoms with van der Waals surface area (Å²) >= 11 is 15.5. The van der Waals surface area contributed by atoms with Gasteiger partial charge in [0.25, 0.3) is 0 Å². The summed E-state index contributed by atoms with van der Waals surface area (Å²) in [5.41, 5.74) is 1.68. The average Bonchev–Trinajstić information content (AvgIpc) is 2.39. The molecule has 106 valence electrons. The van der Waals surface area contributed by atoms with Gasteiger partial charge < -0.3 is 5.32 Å². The van der Waals surface area contributed by atoms with Gasteiger partial charge in [-0.2, -0.15) is 0 Å². The molecule has 2 rings (SSSR count). The number of hydrogen-bond donors (Lipinski definition) is 1. The fourth-order valence-corrected chi connectivity index (χ4v) is 2.80. The molecular weight excluding hydrogens is 364 g/mol. The molecule has 0 amide bonds. The van der Waals surface area contributed by atoms with Crippen LogP contribution in [0, 0.1) is 5.82 Å². The van der Waals surface area contributed by atoms with Gasteiger partial charge in [0.05, 0.1) is 21.8 Å². The van der Waals surface area contributed by atoms with Crippen LogP contribution in [-0.2, 0) is 0 Å². The highest BCUT2D eigenvalue weighted by atomic mass is 79.9. The van der Waals surface area contributed by atoms with Gasteiger partial charge in [-0.05, 0) is 36.2 Å². The lowest BCUT2D eigenvalue weighted by Crippen LogP contribution is -2.10. The molecule has 0 aliphatic carbocycles. The van der Waals surface area contributed by atoms with E-state index in [0.717, 1.165) is 16.5 Å². The molecule has 0 saturated heterocycles. The van der Waals surface area contributed by atoms with Gasteiger partial charge in [0, 0.05) is 4.47 Å². The third-order valence-corrected chi connectivity index (χ3v) is 4.13. The molecule has 0 heterocycles. The van der Waals surface area contributed by atoms with E-state index in [1.54, 1.807) is 0 Å². The van der Waals surface area contributed by atoms with Crippen molar-refractivity contribution >= 4 is 44.8 Å².